The predicted octanol–water partition coefficient (Wildman–Crippen LogP) is 1.63. The van der Waals surface area contributed by atoms with Crippen molar-refractivity contribution < 1.29 is 14.3 Å². The fraction of sp³-hybridized carbons (Fsp3) is 0.467. The number of amides is 1. The van der Waals surface area contributed by atoms with Gasteiger partial charge in [-0.1, -0.05) is 17.7 Å². The van der Waals surface area contributed by atoms with Gasteiger partial charge in [0.25, 0.3) is 5.91 Å². The quantitative estimate of drug-likeness (QED) is 0.862. The molecule has 1 N–H and O–H groups in total. The summed E-state index contributed by atoms with van der Waals surface area (Å²) in [4.78, 5) is 26.2. The van der Waals surface area contributed by atoms with E-state index >= 15 is 0 Å². The number of carbonyl (C=O) groups excluding carboxylic acids is 2. The fourth-order valence-corrected chi connectivity index (χ4v) is 2.66. The van der Waals surface area contributed by atoms with Gasteiger partial charge < -0.3 is 15.0 Å². The second kappa shape index (κ2) is 6.91. The number of ether oxygens (including phenoxy) is 1. The summed E-state index contributed by atoms with van der Waals surface area (Å²) >= 11 is 6.15. The van der Waals surface area contributed by atoms with E-state index in [4.69, 9.17) is 16.3 Å². The second-order valence-electron chi connectivity index (χ2n) is 4.95. The third-order valence-electron chi connectivity index (χ3n) is 3.42. The summed E-state index contributed by atoms with van der Waals surface area (Å²) in [5, 5.41) is 3.51. The number of nitrogens with zero attached hydrogens (tertiary/aromatic N) is 1. The van der Waals surface area contributed by atoms with Crippen LogP contribution in [0.3, 0.4) is 0 Å². The highest BCUT2D eigenvalue weighted by Gasteiger charge is 2.34. The van der Waals surface area contributed by atoms with Crippen LogP contribution in [0.4, 0.5) is 0 Å². The number of piperazine rings is 1. The third-order valence-corrected chi connectivity index (χ3v) is 3.73. The number of rotatable bonds is 3. The number of aryl methyl sites for hydroxylation is 1. The predicted molar refractivity (Wildman–Crippen MR) is 80.5 cm³/mol. The van der Waals surface area contributed by atoms with Gasteiger partial charge in [-0.15, -0.1) is 0 Å². The van der Waals surface area contributed by atoms with Gasteiger partial charge in [0.1, 0.15) is 6.04 Å². The average Bonchev–Trinajstić information content (AvgIpc) is 2.47. The molecular weight excluding hydrogens is 292 g/mol. The first-order valence-electron chi connectivity index (χ1n) is 6.99. The molecule has 1 aliphatic heterocycles. The second-order valence-corrected chi connectivity index (χ2v) is 5.36. The molecule has 6 heteroatoms. The lowest BCUT2D eigenvalue weighted by atomic mass is 10.1. The third kappa shape index (κ3) is 3.54. The summed E-state index contributed by atoms with van der Waals surface area (Å²) in [5.74, 6) is -0.624. The number of carbonyl (C=O) groups is 2. The lowest BCUT2D eigenvalue weighted by molar-refractivity contribution is -0.149. The molecule has 1 heterocycles. The van der Waals surface area contributed by atoms with E-state index in [0.29, 0.717) is 36.8 Å². The molecule has 5 nitrogen and oxygen atoms in total. The highest BCUT2D eigenvalue weighted by molar-refractivity contribution is 6.34. The lowest BCUT2D eigenvalue weighted by Gasteiger charge is -2.34. The van der Waals surface area contributed by atoms with E-state index in [1.54, 1.807) is 19.1 Å². The van der Waals surface area contributed by atoms with Gasteiger partial charge in [0, 0.05) is 19.6 Å². The largest absolute Gasteiger partial charge is 0.464 e. The number of benzene rings is 1. The number of nitrogens with one attached hydrogen (secondary N) is 1. The molecule has 1 amide bonds. The first-order valence-corrected chi connectivity index (χ1v) is 7.37. The van der Waals surface area contributed by atoms with Crippen LogP contribution in [0.25, 0.3) is 0 Å². The summed E-state index contributed by atoms with van der Waals surface area (Å²) in [6.45, 7) is 5.44. The number of esters is 1. The molecule has 1 aromatic carbocycles. The Morgan fingerprint density at radius 3 is 2.90 bits per heavy atom. The van der Waals surface area contributed by atoms with Gasteiger partial charge in [0.05, 0.1) is 17.2 Å². The minimum atomic E-state index is -0.608. The van der Waals surface area contributed by atoms with Gasteiger partial charge in [-0.2, -0.15) is 0 Å². The van der Waals surface area contributed by atoms with E-state index in [1.165, 1.54) is 4.90 Å². The van der Waals surface area contributed by atoms with Crippen LogP contribution in [0.1, 0.15) is 22.8 Å². The van der Waals surface area contributed by atoms with Crippen molar-refractivity contribution >= 4 is 23.5 Å². The number of halogens is 1. The zero-order chi connectivity index (χ0) is 15.4. The standard InChI is InChI=1S/C15H19ClN2O3/c1-3-21-15(20)13-9-17-6-7-18(13)14(19)11-5-4-10(2)8-12(11)16/h4-5,8,13,17H,3,6-7,9H2,1-2H3. The SMILES string of the molecule is CCOC(=O)C1CNCCN1C(=O)c1ccc(C)cc1Cl. The molecule has 1 atom stereocenters. The van der Waals surface area contributed by atoms with Crippen molar-refractivity contribution in [1.29, 1.82) is 0 Å². The molecule has 0 radical (unpaired) electrons. The molecule has 1 unspecified atom stereocenters. The minimum absolute atomic E-state index is 0.237. The molecule has 0 aliphatic carbocycles. The van der Waals surface area contributed by atoms with Crippen molar-refractivity contribution in [1.82, 2.24) is 10.2 Å². The molecule has 1 aliphatic rings. The molecule has 1 saturated heterocycles. The molecule has 0 bridgehead atoms. The van der Waals surface area contributed by atoms with Crippen molar-refractivity contribution in [3.8, 4) is 0 Å². The summed E-state index contributed by atoms with van der Waals surface area (Å²) < 4.78 is 5.04. The van der Waals surface area contributed by atoms with E-state index < -0.39 is 6.04 Å². The van der Waals surface area contributed by atoms with Crippen LogP contribution in [0.5, 0.6) is 0 Å². The summed E-state index contributed by atoms with van der Waals surface area (Å²) in [5.41, 5.74) is 1.40. The van der Waals surface area contributed by atoms with Crippen molar-refractivity contribution in [3.05, 3.63) is 34.3 Å². The average molecular weight is 311 g/mol. The molecule has 0 saturated carbocycles. The van der Waals surface area contributed by atoms with Crippen LogP contribution in [0.2, 0.25) is 5.02 Å². The van der Waals surface area contributed by atoms with E-state index in [2.05, 4.69) is 5.32 Å². The minimum Gasteiger partial charge on any atom is -0.464 e. The Balaban J connectivity index is 2.24. The van der Waals surface area contributed by atoms with Gasteiger partial charge in [-0.05, 0) is 31.5 Å². The molecule has 2 rings (SSSR count). The smallest absolute Gasteiger partial charge is 0.330 e. The fourth-order valence-electron chi connectivity index (χ4n) is 2.34. The van der Waals surface area contributed by atoms with Crippen molar-refractivity contribution in [2.75, 3.05) is 26.2 Å². The van der Waals surface area contributed by atoms with Crippen LogP contribution in [0, 0.1) is 6.92 Å². The summed E-state index contributed by atoms with van der Waals surface area (Å²) in [6, 6.07) is 4.67. The van der Waals surface area contributed by atoms with Crippen molar-refractivity contribution in [3.63, 3.8) is 0 Å². The molecule has 0 aromatic heterocycles. The molecule has 1 fully saturated rings. The van der Waals surface area contributed by atoms with Crippen LogP contribution in [-0.2, 0) is 9.53 Å². The topological polar surface area (TPSA) is 58.6 Å². The summed E-state index contributed by atoms with van der Waals surface area (Å²) in [6.07, 6.45) is 0. The van der Waals surface area contributed by atoms with Gasteiger partial charge in [0.15, 0.2) is 0 Å². The van der Waals surface area contributed by atoms with E-state index in [0.717, 1.165) is 5.56 Å². The maximum absolute atomic E-state index is 12.7. The molecule has 0 spiro atoms. The lowest BCUT2D eigenvalue weighted by Crippen LogP contribution is -2.57. The monoisotopic (exact) mass is 310 g/mol. The highest BCUT2D eigenvalue weighted by atomic mass is 35.5. The maximum Gasteiger partial charge on any atom is 0.330 e. The van der Waals surface area contributed by atoms with Crippen molar-refractivity contribution in [2.24, 2.45) is 0 Å². The Morgan fingerprint density at radius 1 is 1.48 bits per heavy atom. The van der Waals surface area contributed by atoms with E-state index in [9.17, 15) is 9.59 Å². The van der Waals surface area contributed by atoms with Crippen LogP contribution in [0.15, 0.2) is 18.2 Å². The summed E-state index contributed by atoms with van der Waals surface area (Å²) in [7, 11) is 0. The Kier molecular flexibility index (Phi) is 5.20. The zero-order valence-corrected chi connectivity index (χ0v) is 12.9. The molecule has 114 valence electrons. The first-order chi connectivity index (χ1) is 10.0. The van der Waals surface area contributed by atoms with E-state index in [-0.39, 0.29) is 11.9 Å². The first kappa shape index (κ1) is 15.8. The molecular formula is C15H19ClN2O3. The Hall–Kier alpha value is -1.59. The van der Waals surface area contributed by atoms with Gasteiger partial charge in [0.2, 0.25) is 0 Å². The van der Waals surface area contributed by atoms with E-state index in [1.807, 2.05) is 13.0 Å². The Morgan fingerprint density at radius 2 is 2.24 bits per heavy atom. The Bertz CT molecular complexity index is 548. The zero-order valence-electron chi connectivity index (χ0n) is 12.2. The van der Waals surface area contributed by atoms with Crippen molar-refractivity contribution in [2.45, 2.75) is 19.9 Å². The molecule has 1 aromatic rings. The van der Waals surface area contributed by atoms with Crippen LogP contribution < -0.4 is 5.32 Å². The van der Waals surface area contributed by atoms with Gasteiger partial charge >= 0.3 is 5.97 Å². The normalized spacial score (nSPS) is 18.4. The highest BCUT2D eigenvalue weighted by Crippen LogP contribution is 2.21. The number of hydrogen-bond donors (Lipinski definition) is 1. The van der Waals surface area contributed by atoms with Gasteiger partial charge in [-0.25, -0.2) is 4.79 Å². The van der Waals surface area contributed by atoms with Gasteiger partial charge in [-0.3, -0.25) is 4.79 Å². The number of hydrogen-bond acceptors (Lipinski definition) is 4. The Labute approximate surface area is 129 Å². The van der Waals surface area contributed by atoms with Crippen LogP contribution >= 0.6 is 11.6 Å². The maximum atomic E-state index is 12.7. The van der Waals surface area contributed by atoms with Crippen LogP contribution in [-0.4, -0.2) is 49.1 Å². The molecule has 21 heavy (non-hydrogen) atoms.